The van der Waals surface area contributed by atoms with Crippen LogP contribution in [0.2, 0.25) is 0 Å². The van der Waals surface area contributed by atoms with E-state index in [2.05, 4.69) is 50.5 Å². The fourth-order valence-electron chi connectivity index (χ4n) is 8.08. The molecule has 59 heavy (non-hydrogen) atoms. The van der Waals surface area contributed by atoms with E-state index in [4.69, 9.17) is 15.1 Å². The van der Waals surface area contributed by atoms with Gasteiger partial charge in [-0.25, -0.2) is 28.1 Å². The van der Waals surface area contributed by atoms with Gasteiger partial charge in [0.1, 0.15) is 18.2 Å². The van der Waals surface area contributed by atoms with Crippen LogP contribution in [0, 0.1) is 0 Å². The highest BCUT2D eigenvalue weighted by molar-refractivity contribution is 7.89. The molecular formula is C39H43N11O8S. The van der Waals surface area contributed by atoms with E-state index in [0.717, 1.165) is 16.0 Å². The first kappa shape index (κ1) is 39.6. The molecule has 0 spiro atoms. The number of aromatic nitrogens is 4. The molecule has 20 heteroatoms. The largest absolute Gasteiger partial charge is 0.394 e. The summed E-state index contributed by atoms with van der Waals surface area (Å²) < 4.78 is 25.2. The summed E-state index contributed by atoms with van der Waals surface area (Å²) in [6, 6.07) is 20.9. The number of urea groups is 2. The summed E-state index contributed by atoms with van der Waals surface area (Å²) in [4.78, 5) is 55.9. The number of carbonyl (C=O) groups excluding carboxylic acids is 3. The van der Waals surface area contributed by atoms with Gasteiger partial charge in [0, 0.05) is 37.3 Å². The predicted molar refractivity (Wildman–Crippen MR) is 215 cm³/mol. The number of imide groups is 1. The number of imidazole rings is 1. The summed E-state index contributed by atoms with van der Waals surface area (Å²) in [5.41, 5.74) is 3.09. The van der Waals surface area contributed by atoms with Crippen LogP contribution >= 0.6 is 0 Å². The summed E-state index contributed by atoms with van der Waals surface area (Å²) in [6.07, 6.45) is -0.947. The van der Waals surface area contributed by atoms with Crippen LogP contribution in [0.3, 0.4) is 0 Å². The molecule has 3 aromatic carbocycles. The Morgan fingerprint density at radius 1 is 0.949 bits per heavy atom. The van der Waals surface area contributed by atoms with Crippen LogP contribution in [-0.4, -0.2) is 123 Å². The van der Waals surface area contributed by atoms with Gasteiger partial charge in [-0.1, -0.05) is 66.7 Å². The molecule has 1 saturated carbocycles. The van der Waals surface area contributed by atoms with Gasteiger partial charge in [-0.3, -0.25) is 9.69 Å². The lowest BCUT2D eigenvalue weighted by molar-refractivity contribution is -0.131. The van der Waals surface area contributed by atoms with Crippen LogP contribution in [-0.2, 0) is 14.8 Å². The Kier molecular flexibility index (Phi) is 10.9. The van der Waals surface area contributed by atoms with Crippen molar-refractivity contribution in [1.82, 2.24) is 35.1 Å². The first-order valence-electron chi connectivity index (χ1n) is 19.0. The number of nitrogens with one attached hydrogen (secondary N) is 4. The van der Waals surface area contributed by atoms with Crippen molar-refractivity contribution in [2.75, 3.05) is 41.8 Å². The van der Waals surface area contributed by atoms with E-state index in [1.807, 2.05) is 41.3 Å². The second kappa shape index (κ2) is 16.2. The molecule has 2 saturated heterocycles. The number of amides is 5. The normalized spacial score (nSPS) is 23.3. The van der Waals surface area contributed by atoms with Gasteiger partial charge in [-0.15, -0.1) is 0 Å². The number of fused-ring (bicyclic) bond motifs is 1. The topological polar surface area (TPSA) is 270 Å². The Morgan fingerprint density at radius 3 is 2.31 bits per heavy atom. The first-order chi connectivity index (χ1) is 28.4. The van der Waals surface area contributed by atoms with Crippen molar-refractivity contribution in [1.29, 1.82) is 0 Å². The number of hydrogen-bond donors (Lipinski definition) is 8. The minimum absolute atomic E-state index is 0.0256. The standard InChI is InChI=1S/C39H43N11O8S/c40-59(57,58)26-13-7-12-24(16-26)43-38(55)44-25-14-15-48(19-25)37-46-34(41-18-27(22-8-3-1-4-9-22)23-10-5-2-6-11-23)31-35(47-37)49(21-42-31)29-17-30(33(53)32(29)52)50-36(54)28(20-51)45-39(50)56/h1-13,16,21,25,27-30,32-33,51-53H,14-15,17-20H2,(H,45,56)(H2,40,57,58)(H,41,46,47)(H2,43,44,55)/t25-,28?,29-,30+,32+,33-/m1/s1. The van der Waals surface area contributed by atoms with Gasteiger partial charge in [0.2, 0.25) is 16.0 Å². The number of nitrogens with zero attached hydrogens (tertiary/aromatic N) is 6. The van der Waals surface area contributed by atoms with Crippen molar-refractivity contribution in [3.8, 4) is 0 Å². The summed E-state index contributed by atoms with van der Waals surface area (Å²) in [7, 11) is -3.97. The van der Waals surface area contributed by atoms with Crippen molar-refractivity contribution in [2.24, 2.45) is 5.14 Å². The predicted octanol–water partition coefficient (Wildman–Crippen LogP) is 1.07. The van der Waals surface area contributed by atoms with Crippen molar-refractivity contribution < 1.29 is 38.1 Å². The van der Waals surface area contributed by atoms with Crippen LogP contribution in [0.25, 0.3) is 11.2 Å². The molecule has 19 nitrogen and oxygen atoms in total. The van der Waals surface area contributed by atoms with Crippen LogP contribution < -0.4 is 31.3 Å². The molecule has 6 atom stereocenters. The Labute approximate surface area is 338 Å². The number of rotatable bonds is 12. The zero-order chi connectivity index (χ0) is 41.4. The van der Waals surface area contributed by atoms with Crippen molar-refractivity contribution >= 4 is 56.6 Å². The monoisotopic (exact) mass is 825 g/mol. The maximum absolute atomic E-state index is 13.0. The lowest BCUT2D eigenvalue weighted by atomic mass is 9.91. The second-order valence-corrected chi connectivity index (χ2v) is 16.4. The van der Waals surface area contributed by atoms with E-state index in [1.54, 1.807) is 10.6 Å². The highest BCUT2D eigenvalue weighted by atomic mass is 32.2. The van der Waals surface area contributed by atoms with Gasteiger partial charge < -0.3 is 46.1 Å². The van der Waals surface area contributed by atoms with Gasteiger partial charge in [-0.05, 0) is 42.2 Å². The van der Waals surface area contributed by atoms with E-state index in [-0.39, 0.29) is 29.0 Å². The third kappa shape index (κ3) is 7.99. The number of aliphatic hydroxyl groups excluding tert-OH is 3. The molecule has 5 aromatic rings. The second-order valence-electron chi connectivity index (χ2n) is 14.8. The van der Waals surface area contributed by atoms with E-state index in [9.17, 15) is 38.1 Å². The molecule has 4 heterocycles. The molecule has 2 aromatic heterocycles. The number of hydrogen-bond acceptors (Lipinski definition) is 13. The number of nitrogens with two attached hydrogens (primary N) is 1. The van der Waals surface area contributed by atoms with Gasteiger partial charge >= 0.3 is 12.1 Å². The summed E-state index contributed by atoms with van der Waals surface area (Å²) in [6.45, 7) is 0.562. The average Bonchev–Trinajstić information content (AvgIpc) is 4.00. The quantitative estimate of drug-likeness (QED) is 0.0820. The summed E-state index contributed by atoms with van der Waals surface area (Å²) >= 11 is 0. The Balaban J connectivity index is 1.09. The third-order valence-corrected chi connectivity index (χ3v) is 12.0. The number of sulfonamides is 1. The number of benzene rings is 3. The van der Waals surface area contributed by atoms with Gasteiger partial charge in [0.15, 0.2) is 17.0 Å². The zero-order valence-electron chi connectivity index (χ0n) is 31.5. The van der Waals surface area contributed by atoms with E-state index in [1.165, 1.54) is 24.5 Å². The number of primary sulfonamides is 1. The lowest BCUT2D eigenvalue weighted by Crippen LogP contribution is -2.47. The van der Waals surface area contributed by atoms with Crippen LogP contribution in [0.5, 0.6) is 0 Å². The lowest BCUT2D eigenvalue weighted by Gasteiger charge is -2.24. The molecule has 1 aliphatic carbocycles. The van der Waals surface area contributed by atoms with Crippen molar-refractivity contribution in [3.05, 3.63) is 102 Å². The SMILES string of the molecule is NS(=O)(=O)c1cccc(NC(=O)N[C@@H]2CCN(c3nc(NCC(c4ccccc4)c4ccccc4)c4ncn([C@@H]5C[C@H](N6C(=O)NC(CO)C6=O)[C@@H](O)[C@H]5O)c4n3)C2)c1. The maximum Gasteiger partial charge on any atom is 0.325 e. The van der Waals surface area contributed by atoms with Gasteiger partial charge in [0.05, 0.1) is 29.9 Å². The smallest absolute Gasteiger partial charge is 0.325 e. The molecule has 2 aliphatic heterocycles. The maximum atomic E-state index is 13.0. The highest BCUT2D eigenvalue weighted by Gasteiger charge is 2.52. The summed E-state index contributed by atoms with van der Waals surface area (Å²) in [5.74, 6) is -0.0889. The van der Waals surface area contributed by atoms with Crippen molar-refractivity contribution in [2.45, 2.75) is 60.0 Å². The number of carbonyl (C=O) groups is 3. The minimum atomic E-state index is -3.97. The highest BCUT2D eigenvalue weighted by Crippen LogP contribution is 2.38. The van der Waals surface area contributed by atoms with Crippen molar-refractivity contribution in [3.63, 3.8) is 0 Å². The average molecular weight is 826 g/mol. The summed E-state index contributed by atoms with van der Waals surface area (Å²) in [5, 5.41) is 48.9. The zero-order valence-corrected chi connectivity index (χ0v) is 32.3. The van der Waals surface area contributed by atoms with E-state index in [0.29, 0.717) is 49.0 Å². The molecule has 308 valence electrons. The first-order valence-corrected chi connectivity index (χ1v) is 20.6. The van der Waals surface area contributed by atoms with E-state index >= 15 is 0 Å². The minimum Gasteiger partial charge on any atom is -0.394 e. The fraction of sp³-hybridized carbons (Fsp3) is 0.333. The molecule has 1 unspecified atom stereocenters. The molecule has 5 amide bonds. The molecule has 3 aliphatic rings. The van der Waals surface area contributed by atoms with Crippen LogP contribution in [0.15, 0.2) is 96.2 Å². The molecule has 8 rings (SSSR count). The molecular weight excluding hydrogens is 783 g/mol. The molecule has 0 bridgehead atoms. The van der Waals surface area contributed by atoms with Gasteiger partial charge in [0.25, 0.3) is 5.91 Å². The Morgan fingerprint density at radius 2 is 1.64 bits per heavy atom. The Hall–Kier alpha value is -6.19. The van der Waals surface area contributed by atoms with Crippen LogP contribution in [0.4, 0.5) is 27.0 Å². The van der Waals surface area contributed by atoms with E-state index < -0.39 is 64.9 Å². The Bertz CT molecular complexity index is 2440. The molecule has 9 N–H and O–H groups in total. The molecule has 3 fully saturated rings. The fourth-order valence-corrected chi connectivity index (χ4v) is 8.64. The number of aliphatic hydroxyl groups is 3. The molecule has 0 radical (unpaired) electrons. The number of anilines is 3. The van der Waals surface area contributed by atoms with Gasteiger partial charge in [-0.2, -0.15) is 9.97 Å². The third-order valence-electron chi connectivity index (χ3n) is 11.1. The van der Waals surface area contributed by atoms with Crippen LogP contribution in [0.1, 0.15) is 35.9 Å².